The number of aromatic nitrogens is 2. The van der Waals surface area contributed by atoms with Crippen LogP contribution in [0.2, 0.25) is 0 Å². The molecule has 20 heavy (non-hydrogen) atoms. The molecule has 2 aromatic rings. The molecular formula is C13H15N3O3S. The number of carboxylic acids is 1. The van der Waals surface area contributed by atoms with Gasteiger partial charge in [0.1, 0.15) is 0 Å². The van der Waals surface area contributed by atoms with Gasteiger partial charge in [-0.25, -0.2) is 4.79 Å². The smallest absolute Gasteiger partial charge is 0.331 e. The van der Waals surface area contributed by atoms with E-state index in [2.05, 4.69) is 10.4 Å². The minimum Gasteiger partial charge on any atom is -0.479 e. The van der Waals surface area contributed by atoms with Crippen LogP contribution >= 0.6 is 11.3 Å². The maximum Gasteiger partial charge on any atom is 0.331 e. The number of aliphatic carboxylic acids is 1. The van der Waals surface area contributed by atoms with Crippen molar-refractivity contribution in [3.05, 3.63) is 39.8 Å². The third kappa shape index (κ3) is 2.88. The van der Waals surface area contributed by atoms with Crippen molar-refractivity contribution in [2.24, 2.45) is 7.05 Å². The highest BCUT2D eigenvalue weighted by Crippen LogP contribution is 2.20. The van der Waals surface area contributed by atoms with Crippen LogP contribution in [0.5, 0.6) is 0 Å². The summed E-state index contributed by atoms with van der Waals surface area (Å²) >= 11 is 1.30. The maximum atomic E-state index is 12.2. The Balaban J connectivity index is 2.23. The highest BCUT2D eigenvalue weighted by molar-refractivity contribution is 7.10. The molecule has 106 valence electrons. The zero-order valence-corrected chi connectivity index (χ0v) is 12.0. The SMILES string of the molecule is CCc1nn(C)cc1C(=O)NC(C(=O)O)c1cccs1. The van der Waals surface area contributed by atoms with Crippen molar-refractivity contribution in [3.63, 3.8) is 0 Å². The summed E-state index contributed by atoms with van der Waals surface area (Å²) in [5, 5.41) is 17.7. The van der Waals surface area contributed by atoms with E-state index in [0.29, 0.717) is 22.6 Å². The van der Waals surface area contributed by atoms with Crippen molar-refractivity contribution >= 4 is 23.2 Å². The Morgan fingerprint density at radius 3 is 2.85 bits per heavy atom. The lowest BCUT2D eigenvalue weighted by molar-refractivity contribution is -0.139. The Morgan fingerprint density at radius 2 is 2.30 bits per heavy atom. The molecule has 1 amide bonds. The summed E-state index contributed by atoms with van der Waals surface area (Å²) in [4.78, 5) is 24.1. The molecule has 2 rings (SSSR count). The first-order valence-corrected chi connectivity index (χ1v) is 7.00. The van der Waals surface area contributed by atoms with Crippen LogP contribution in [-0.2, 0) is 18.3 Å². The van der Waals surface area contributed by atoms with E-state index in [9.17, 15) is 14.7 Å². The van der Waals surface area contributed by atoms with Gasteiger partial charge in [-0.3, -0.25) is 9.48 Å². The molecule has 0 aromatic carbocycles. The first kappa shape index (κ1) is 14.3. The molecule has 0 aliphatic rings. The van der Waals surface area contributed by atoms with Gasteiger partial charge in [0.15, 0.2) is 6.04 Å². The molecule has 0 bridgehead atoms. The van der Waals surface area contributed by atoms with Crippen LogP contribution in [0.15, 0.2) is 23.7 Å². The fourth-order valence-corrected chi connectivity index (χ4v) is 2.67. The molecule has 2 N–H and O–H groups in total. The summed E-state index contributed by atoms with van der Waals surface area (Å²) in [6.07, 6.45) is 2.21. The molecule has 2 aromatic heterocycles. The zero-order chi connectivity index (χ0) is 14.7. The zero-order valence-electron chi connectivity index (χ0n) is 11.2. The number of hydrogen-bond donors (Lipinski definition) is 2. The Bertz CT molecular complexity index is 619. The molecule has 0 saturated carbocycles. The van der Waals surface area contributed by atoms with Gasteiger partial charge in [0.05, 0.1) is 11.3 Å². The maximum absolute atomic E-state index is 12.2. The van der Waals surface area contributed by atoms with Crippen molar-refractivity contribution in [1.29, 1.82) is 0 Å². The average molecular weight is 293 g/mol. The number of carbonyl (C=O) groups is 2. The number of amides is 1. The molecule has 1 unspecified atom stereocenters. The Morgan fingerprint density at radius 1 is 1.55 bits per heavy atom. The lowest BCUT2D eigenvalue weighted by Gasteiger charge is -2.12. The van der Waals surface area contributed by atoms with Crippen LogP contribution in [0.3, 0.4) is 0 Å². The summed E-state index contributed by atoms with van der Waals surface area (Å²) in [5.41, 5.74) is 1.07. The third-order valence-corrected chi connectivity index (χ3v) is 3.77. The predicted octanol–water partition coefficient (Wildman–Crippen LogP) is 1.60. The largest absolute Gasteiger partial charge is 0.479 e. The molecule has 6 nitrogen and oxygen atoms in total. The molecule has 2 heterocycles. The average Bonchev–Trinajstić information content (AvgIpc) is 3.04. The normalized spacial score (nSPS) is 12.1. The fourth-order valence-electron chi connectivity index (χ4n) is 1.90. The van der Waals surface area contributed by atoms with E-state index < -0.39 is 17.9 Å². The fraction of sp³-hybridized carbons (Fsp3) is 0.308. The van der Waals surface area contributed by atoms with Crippen LogP contribution in [0.1, 0.15) is 33.9 Å². The summed E-state index contributed by atoms with van der Waals surface area (Å²) < 4.78 is 1.55. The van der Waals surface area contributed by atoms with Gasteiger partial charge in [-0.1, -0.05) is 13.0 Å². The number of carboxylic acid groups (broad SMARTS) is 1. The number of nitrogens with zero attached hydrogens (tertiary/aromatic N) is 2. The molecule has 0 fully saturated rings. The lowest BCUT2D eigenvalue weighted by atomic mass is 10.1. The van der Waals surface area contributed by atoms with Gasteiger partial charge in [-0.15, -0.1) is 11.3 Å². The molecular weight excluding hydrogens is 278 g/mol. The monoisotopic (exact) mass is 293 g/mol. The Hall–Kier alpha value is -2.15. The minimum atomic E-state index is -1.08. The predicted molar refractivity (Wildman–Crippen MR) is 74.7 cm³/mol. The molecule has 0 radical (unpaired) electrons. The Kier molecular flexibility index (Phi) is 4.19. The van der Waals surface area contributed by atoms with Gasteiger partial charge < -0.3 is 10.4 Å². The highest BCUT2D eigenvalue weighted by Gasteiger charge is 2.25. The number of hydrogen-bond acceptors (Lipinski definition) is 4. The second-order valence-corrected chi connectivity index (χ2v) is 5.26. The standard InChI is InChI=1S/C13H15N3O3S/c1-3-9-8(7-16(2)15-9)12(17)14-11(13(18)19)10-5-4-6-20-10/h4-7,11H,3H2,1-2H3,(H,14,17)(H,18,19). The van der Waals surface area contributed by atoms with Crippen molar-refractivity contribution in [2.75, 3.05) is 0 Å². The summed E-state index contributed by atoms with van der Waals surface area (Å²) in [5.74, 6) is -1.50. The summed E-state index contributed by atoms with van der Waals surface area (Å²) in [6.45, 7) is 1.90. The van der Waals surface area contributed by atoms with E-state index in [1.54, 1.807) is 35.4 Å². The first-order chi connectivity index (χ1) is 9.52. The minimum absolute atomic E-state index is 0.415. The quantitative estimate of drug-likeness (QED) is 0.877. The molecule has 0 aliphatic carbocycles. The topological polar surface area (TPSA) is 84.2 Å². The molecule has 7 heteroatoms. The van der Waals surface area contributed by atoms with Crippen molar-refractivity contribution in [1.82, 2.24) is 15.1 Å². The van der Waals surface area contributed by atoms with Crippen LogP contribution in [-0.4, -0.2) is 26.8 Å². The molecule has 1 atom stereocenters. The molecule has 0 saturated heterocycles. The van der Waals surface area contributed by atoms with Crippen LogP contribution < -0.4 is 5.32 Å². The van der Waals surface area contributed by atoms with E-state index in [-0.39, 0.29) is 0 Å². The molecule has 0 spiro atoms. The number of carbonyl (C=O) groups excluding carboxylic acids is 1. The number of thiophene rings is 1. The highest BCUT2D eigenvalue weighted by atomic mass is 32.1. The molecule has 0 aliphatic heterocycles. The van der Waals surface area contributed by atoms with E-state index in [1.807, 2.05) is 6.92 Å². The van der Waals surface area contributed by atoms with Crippen molar-refractivity contribution in [2.45, 2.75) is 19.4 Å². The van der Waals surface area contributed by atoms with Gasteiger partial charge in [0.25, 0.3) is 5.91 Å². The van der Waals surface area contributed by atoms with Crippen molar-refractivity contribution < 1.29 is 14.7 Å². The van der Waals surface area contributed by atoms with Gasteiger partial charge in [0, 0.05) is 18.1 Å². The Labute approximate surface area is 120 Å². The van der Waals surface area contributed by atoms with E-state index in [0.717, 1.165) is 0 Å². The van der Waals surface area contributed by atoms with Gasteiger partial charge >= 0.3 is 5.97 Å². The van der Waals surface area contributed by atoms with Crippen LogP contribution in [0.25, 0.3) is 0 Å². The van der Waals surface area contributed by atoms with E-state index >= 15 is 0 Å². The van der Waals surface area contributed by atoms with Crippen molar-refractivity contribution in [3.8, 4) is 0 Å². The third-order valence-electron chi connectivity index (χ3n) is 2.83. The van der Waals surface area contributed by atoms with Gasteiger partial charge in [-0.2, -0.15) is 5.10 Å². The van der Waals surface area contributed by atoms with E-state index in [1.165, 1.54) is 11.3 Å². The summed E-state index contributed by atoms with van der Waals surface area (Å²) in [6, 6.07) is 2.41. The lowest BCUT2D eigenvalue weighted by Crippen LogP contribution is -2.33. The van der Waals surface area contributed by atoms with Gasteiger partial charge in [-0.05, 0) is 17.9 Å². The number of rotatable bonds is 5. The number of nitrogens with one attached hydrogen (secondary N) is 1. The first-order valence-electron chi connectivity index (χ1n) is 6.12. The van der Waals surface area contributed by atoms with E-state index in [4.69, 9.17) is 0 Å². The van der Waals surface area contributed by atoms with Crippen LogP contribution in [0, 0.1) is 0 Å². The second-order valence-electron chi connectivity index (χ2n) is 4.28. The second kappa shape index (κ2) is 5.87. The number of aryl methyl sites for hydroxylation is 2. The van der Waals surface area contributed by atoms with Crippen LogP contribution in [0.4, 0.5) is 0 Å². The van der Waals surface area contributed by atoms with Gasteiger partial charge in [0.2, 0.25) is 0 Å². The summed E-state index contributed by atoms with van der Waals surface area (Å²) in [7, 11) is 1.73.